The Morgan fingerprint density at radius 1 is 1.56 bits per heavy atom. The third kappa shape index (κ3) is 3.33. The van der Waals surface area contributed by atoms with E-state index in [1.807, 2.05) is 0 Å². The van der Waals surface area contributed by atoms with E-state index in [1.54, 1.807) is 0 Å². The smallest absolute Gasteiger partial charge is 0.0762 e. The fourth-order valence-electron chi connectivity index (χ4n) is 2.28. The van der Waals surface area contributed by atoms with Crippen molar-refractivity contribution in [1.82, 2.24) is 15.1 Å². The molecule has 0 radical (unpaired) electrons. The van der Waals surface area contributed by atoms with Gasteiger partial charge in [-0.2, -0.15) is 5.10 Å². The number of hydrogen-bond donors (Lipinski definition) is 1. The van der Waals surface area contributed by atoms with Gasteiger partial charge in [-0.3, -0.25) is 4.68 Å². The molecule has 0 spiro atoms. The number of aromatic nitrogens is 2. The summed E-state index contributed by atoms with van der Waals surface area (Å²) in [6.07, 6.45) is 4.37. The average Bonchev–Trinajstić information content (AvgIpc) is 3.05. The molecule has 1 aliphatic rings. The first-order chi connectivity index (χ1) is 8.70. The van der Waals surface area contributed by atoms with E-state index < -0.39 is 0 Å². The van der Waals surface area contributed by atoms with E-state index in [-0.39, 0.29) is 0 Å². The highest BCUT2D eigenvalue weighted by molar-refractivity contribution is 4.99. The summed E-state index contributed by atoms with van der Waals surface area (Å²) in [6, 6.07) is 3.09. The molecule has 3 unspecified atom stereocenters. The quantitative estimate of drug-likeness (QED) is 0.843. The minimum absolute atomic E-state index is 0.486. The lowest BCUT2D eigenvalue weighted by Crippen LogP contribution is -2.33. The summed E-state index contributed by atoms with van der Waals surface area (Å²) >= 11 is 0. The van der Waals surface area contributed by atoms with Crippen LogP contribution in [0.25, 0.3) is 0 Å². The van der Waals surface area contributed by atoms with Crippen LogP contribution in [-0.2, 0) is 11.3 Å². The van der Waals surface area contributed by atoms with Crippen LogP contribution in [0.5, 0.6) is 0 Å². The molecule has 0 aliphatic carbocycles. The Morgan fingerprint density at radius 3 is 3.06 bits per heavy atom. The van der Waals surface area contributed by atoms with Crippen molar-refractivity contribution in [2.24, 2.45) is 5.92 Å². The predicted molar refractivity (Wildman–Crippen MR) is 72.5 cm³/mol. The maximum Gasteiger partial charge on any atom is 0.0762 e. The molecule has 3 atom stereocenters. The lowest BCUT2D eigenvalue weighted by molar-refractivity contribution is 0.178. The van der Waals surface area contributed by atoms with Crippen LogP contribution in [0.15, 0.2) is 12.3 Å². The fraction of sp³-hybridized carbons (Fsp3) is 0.786. The SMILES string of the molecule is CCC(C)n1ccc(CNC(C)C2CCOC2)n1. The van der Waals surface area contributed by atoms with Gasteiger partial charge in [-0.15, -0.1) is 0 Å². The van der Waals surface area contributed by atoms with Gasteiger partial charge in [0.25, 0.3) is 0 Å². The van der Waals surface area contributed by atoms with E-state index in [0.717, 1.165) is 31.9 Å². The van der Waals surface area contributed by atoms with Gasteiger partial charge in [-0.05, 0) is 38.7 Å². The van der Waals surface area contributed by atoms with Gasteiger partial charge < -0.3 is 10.1 Å². The minimum atomic E-state index is 0.486. The highest BCUT2D eigenvalue weighted by Crippen LogP contribution is 2.16. The van der Waals surface area contributed by atoms with E-state index in [2.05, 4.69) is 48.1 Å². The second-order valence-electron chi connectivity index (χ2n) is 5.34. The molecule has 0 amide bonds. The largest absolute Gasteiger partial charge is 0.381 e. The van der Waals surface area contributed by atoms with Crippen molar-refractivity contribution in [1.29, 1.82) is 0 Å². The van der Waals surface area contributed by atoms with E-state index in [4.69, 9.17) is 4.74 Å². The molecule has 2 heterocycles. The summed E-state index contributed by atoms with van der Waals surface area (Å²) in [7, 11) is 0. The van der Waals surface area contributed by atoms with Crippen LogP contribution in [0.2, 0.25) is 0 Å². The van der Waals surface area contributed by atoms with Crippen molar-refractivity contribution in [2.45, 2.75) is 52.2 Å². The van der Waals surface area contributed by atoms with Crippen molar-refractivity contribution in [3.05, 3.63) is 18.0 Å². The predicted octanol–water partition coefficient (Wildman–Crippen LogP) is 2.37. The molecule has 0 bridgehead atoms. The number of ether oxygens (including phenoxy) is 1. The molecule has 1 aliphatic heterocycles. The molecular formula is C14H25N3O. The molecule has 4 nitrogen and oxygen atoms in total. The Labute approximate surface area is 110 Å². The summed E-state index contributed by atoms with van der Waals surface area (Å²) in [5.74, 6) is 0.654. The Kier molecular flexibility index (Phi) is 4.78. The van der Waals surface area contributed by atoms with Crippen LogP contribution in [0, 0.1) is 5.92 Å². The third-order valence-electron chi connectivity index (χ3n) is 3.98. The Morgan fingerprint density at radius 2 is 2.39 bits per heavy atom. The summed E-state index contributed by atoms with van der Waals surface area (Å²) in [5, 5.41) is 8.16. The first-order valence-corrected chi connectivity index (χ1v) is 7.06. The lowest BCUT2D eigenvalue weighted by Gasteiger charge is -2.18. The molecule has 2 rings (SSSR count). The van der Waals surface area contributed by atoms with Gasteiger partial charge in [0.2, 0.25) is 0 Å². The average molecular weight is 251 g/mol. The second-order valence-corrected chi connectivity index (χ2v) is 5.34. The summed E-state index contributed by atoms with van der Waals surface area (Å²) in [4.78, 5) is 0. The molecule has 1 aromatic heterocycles. The van der Waals surface area contributed by atoms with Crippen LogP contribution >= 0.6 is 0 Å². The van der Waals surface area contributed by atoms with Crippen LogP contribution < -0.4 is 5.32 Å². The van der Waals surface area contributed by atoms with Crippen molar-refractivity contribution in [3.63, 3.8) is 0 Å². The molecular weight excluding hydrogens is 226 g/mol. The highest BCUT2D eigenvalue weighted by atomic mass is 16.5. The van der Waals surface area contributed by atoms with Gasteiger partial charge in [0.15, 0.2) is 0 Å². The number of rotatable bonds is 6. The van der Waals surface area contributed by atoms with Crippen molar-refractivity contribution in [3.8, 4) is 0 Å². The normalized spacial score (nSPS) is 23.2. The van der Waals surface area contributed by atoms with Gasteiger partial charge in [0, 0.05) is 31.4 Å². The van der Waals surface area contributed by atoms with Gasteiger partial charge in [-0.1, -0.05) is 6.92 Å². The van der Waals surface area contributed by atoms with E-state index in [9.17, 15) is 0 Å². The Bertz CT molecular complexity index is 358. The summed E-state index contributed by atoms with van der Waals surface area (Å²) in [6.45, 7) is 9.29. The van der Waals surface area contributed by atoms with Gasteiger partial charge in [0.05, 0.1) is 12.3 Å². The molecule has 1 saturated heterocycles. The van der Waals surface area contributed by atoms with Crippen LogP contribution in [0.1, 0.15) is 45.3 Å². The molecule has 4 heteroatoms. The standard InChI is InChI=1S/C14H25N3O/c1-4-11(2)17-7-5-14(16-17)9-15-12(3)13-6-8-18-10-13/h5,7,11-13,15H,4,6,8-10H2,1-3H3. The topological polar surface area (TPSA) is 39.1 Å². The van der Waals surface area contributed by atoms with Gasteiger partial charge >= 0.3 is 0 Å². The van der Waals surface area contributed by atoms with Crippen molar-refractivity contribution in [2.75, 3.05) is 13.2 Å². The third-order valence-corrected chi connectivity index (χ3v) is 3.98. The number of hydrogen-bond acceptors (Lipinski definition) is 3. The maximum atomic E-state index is 5.42. The van der Waals surface area contributed by atoms with Crippen molar-refractivity contribution < 1.29 is 4.74 Å². The fourth-order valence-corrected chi connectivity index (χ4v) is 2.28. The summed E-state index contributed by atoms with van der Waals surface area (Å²) < 4.78 is 7.48. The first kappa shape index (κ1) is 13.6. The second kappa shape index (κ2) is 6.34. The van der Waals surface area contributed by atoms with Gasteiger partial charge in [0.1, 0.15) is 0 Å². The molecule has 102 valence electrons. The maximum absolute atomic E-state index is 5.42. The molecule has 1 fully saturated rings. The first-order valence-electron chi connectivity index (χ1n) is 7.06. The van der Waals surface area contributed by atoms with Gasteiger partial charge in [-0.25, -0.2) is 0 Å². The minimum Gasteiger partial charge on any atom is -0.381 e. The zero-order chi connectivity index (χ0) is 13.0. The van der Waals surface area contributed by atoms with Crippen molar-refractivity contribution >= 4 is 0 Å². The Balaban J connectivity index is 1.80. The van der Waals surface area contributed by atoms with Crippen LogP contribution in [0.3, 0.4) is 0 Å². The Hall–Kier alpha value is -0.870. The van der Waals surface area contributed by atoms with E-state index >= 15 is 0 Å². The molecule has 1 N–H and O–H groups in total. The van der Waals surface area contributed by atoms with Crippen LogP contribution in [0.4, 0.5) is 0 Å². The number of nitrogens with zero attached hydrogens (tertiary/aromatic N) is 2. The lowest BCUT2D eigenvalue weighted by atomic mass is 10.0. The molecule has 0 aromatic carbocycles. The zero-order valence-corrected chi connectivity index (χ0v) is 11.7. The summed E-state index contributed by atoms with van der Waals surface area (Å²) in [5.41, 5.74) is 1.13. The zero-order valence-electron chi connectivity index (χ0n) is 11.7. The highest BCUT2D eigenvalue weighted by Gasteiger charge is 2.21. The molecule has 0 saturated carbocycles. The van der Waals surface area contributed by atoms with E-state index in [1.165, 1.54) is 6.42 Å². The molecule has 1 aromatic rings. The number of nitrogens with one attached hydrogen (secondary N) is 1. The monoisotopic (exact) mass is 251 g/mol. The molecule has 18 heavy (non-hydrogen) atoms. The van der Waals surface area contributed by atoms with E-state index in [0.29, 0.717) is 18.0 Å². The van der Waals surface area contributed by atoms with Crippen LogP contribution in [-0.4, -0.2) is 29.0 Å².